The Labute approximate surface area is 112 Å². The van der Waals surface area contributed by atoms with Crippen molar-refractivity contribution in [3.63, 3.8) is 0 Å². The van der Waals surface area contributed by atoms with E-state index in [1.807, 2.05) is 24.1 Å². The Kier molecular flexibility index (Phi) is 4.52. The third-order valence-corrected chi connectivity index (χ3v) is 3.25. The molecule has 0 aromatic heterocycles. The zero-order valence-corrected chi connectivity index (χ0v) is 11.1. The molecule has 1 aliphatic rings. The minimum Gasteiger partial charge on any atom is -0.394 e. The number of aliphatic hydroxyl groups is 2. The Hall–Kier alpha value is -1.43. The van der Waals surface area contributed by atoms with Crippen LogP contribution in [0.5, 0.6) is 0 Å². The number of carbonyl (C=O) groups excluding carboxylic acids is 1. The van der Waals surface area contributed by atoms with E-state index >= 15 is 0 Å². The van der Waals surface area contributed by atoms with Crippen LogP contribution < -0.4 is 5.32 Å². The van der Waals surface area contributed by atoms with Gasteiger partial charge in [-0.15, -0.1) is 0 Å². The van der Waals surface area contributed by atoms with Gasteiger partial charge in [-0.1, -0.05) is 12.1 Å². The number of fused-ring (bicyclic) bond motifs is 1. The predicted molar refractivity (Wildman–Crippen MR) is 72.8 cm³/mol. The molecule has 0 fully saturated rings. The fourth-order valence-electron chi connectivity index (χ4n) is 2.33. The Balaban J connectivity index is 2.00. The highest BCUT2D eigenvalue weighted by Gasteiger charge is 2.15. The molecule has 0 spiro atoms. The summed E-state index contributed by atoms with van der Waals surface area (Å²) >= 11 is 0. The van der Waals surface area contributed by atoms with Gasteiger partial charge in [0, 0.05) is 25.2 Å². The van der Waals surface area contributed by atoms with Gasteiger partial charge < -0.3 is 15.5 Å². The minimum atomic E-state index is -0.707. The normalized spacial score (nSPS) is 16.1. The molecule has 0 aliphatic carbocycles. The maximum atomic E-state index is 11.3. The molecular weight excluding hydrogens is 244 g/mol. The average molecular weight is 264 g/mol. The summed E-state index contributed by atoms with van der Waals surface area (Å²) in [6, 6.07) is 6.00. The van der Waals surface area contributed by atoms with Crippen LogP contribution in [0.4, 0.5) is 5.69 Å². The lowest BCUT2D eigenvalue weighted by atomic mass is 10.0. The summed E-state index contributed by atoms with van der Waals surface area (Å²) in [6.07, 6.45) is 0.606. The van der Waals surface area contributed by atoms with E-state index in [4.69, 9.17) is 5.11 Å². The van der Waals surface area contributed by atoms with Crippen LogP contribution in [-0.2, 0) is 17.8 Å². The zero-order chi connectivity index (χ0) is 13.8. The lowest BCUT2D eigenvalue weighted by molar-refractivity contribution is -0.116. The molecule has 0 saturated carbocycles. The molecule has 0 bridgehead atoms. The van der Waals surface area contributed by atoms with Gasteiger partial charge in [-0.25, -0.2) is 0 Å². The summed E-state index contributed by atoms with van der Waals surface area (Å²) in [6.45, 7) is 0.920. The van der Waals surface area contributed by atoms with Gasteiger partial charge in [-0.3, -0.25) is 9.69 Å². The maximum absolute atomic E-state index is 11.3. The van der Waals surface area contributed by atoms with Crippen molar-refractivity contribution in [2.45, 2.75) is 25.5 Å². The van der Waals surface area contributed by atoms with Gasteiger partial charge in [0.2, 0.25) is 5.91 Å². The third kappa shape index (κ3) is 3.76. The van der Waals surface area contributed by atoms with Crippen molar-refractivity contribution in [3.8, 4) is 0 Å². The summed E-state index contributed by atoms with van der Waals surface area (Å²) < 4.78 is 0. The number of benzene rings is 1. The van der Waals surface area contributed by atoms with Gasteiger partial charge in [0.1, 0.15) is 0 Å². The van der Waals surface area contributed by atoms with Crippen molar-refractivity contribution < 1.29 is 15.0 Å². The minimum absolute atomic E-state index is 0.0726. The second-order valence-corrected chi connectivity index (χ2v) is 5.07. The molecule has 1 atom stereocenters. The van der Waals surface area contributed by atoms with E-state index in [2.05, 4.69) is 11.4 Å². The van der Waals surface area contributed by atoms with E-state index < -0.39 is 6.10 Å². The zero-order valence-electron chi connectivity index (χ0n) is 11.1. The number of likely N-dealkylation sites (N-methyl/N-ethyl adjacent to an activating group) is 1. The summed E-state index contributed by atoms with van der Waals surface area (Å²) in [7, 11) is 1.90. The van der Waals surface area contributed by atoms with Crippen molar-refractivity contribution in [2.75, 3.05) is 25.5 Å². The fourth-order valence-corrected chi connectivity index (χ4v) is 2.33. The topological polar surface area (TPSA) is 72.8 Å². The van der Waals surface area contributed by atoms with Crippen molar-refractivity contribution in [1.82, 2.24) is 4.90 Å². The molecule has 19 heavy (non-hydrogen) atoms. The van der Waals surface area contributed by atoms with Gasteiger partial charge in [-0.05, 0) is 30.7 Å². The predicted octanol–water partition coefficient (Wildman–Crippen LogP) is 0.356. The molecule has 5 heteroatoms. The number of anilines is 1. The number of nitrogens with one attached hydrogen (secondary N) is 1. The van der Waals surface area contributed by atoms with Gasteiger partial charge in [0.25, 0.3) is 0 Å². The van der Waals surface area contributed by atoms with Crippen LogP contribution in [-0.4, -0.2) is 47.3 Å². The Morgan fingerprint density at radius 3 is 2.95 bits per heavy atom. The molecule has 0 saturated heterocycles. The summed E-state index contributed by atoms with van der Waals surface area (Å²) in [5.41, 5.74) is 3.20. The lowest BCUT2D eigenvalue weighted by Crippen LogP contribution is -2.31. The van der Waals surface area contributed by atoms with Crippen LogP contribution in [0.15, 0.2) is 18.2 Å². The number of aliphatic hydroxyl groups excluding tert-OH is 2. The SMILES string of the molecule is CN(Cc1ccc2c(c1)CCC(=O)N2)CC(O)CO. The smallest absolute Gasteiger partial charge is 0.224 e. The molecule has 2 rings (SSSR count). The summed E-state index contributed by atoms with van der Waals surface area (Å²) in [4.78, 5) is 13.2. The van der Waals surface area contributed by atoms with E-state index in [-0.39, 0.29) is 12.5 Å². The molecule has 1 aliphatic heterocycles. The molecule has 5 nitrogen and oxygen atoms in total. The highest BCUT2D eigenvalue weighted by atomic mass is 16.3. The van der Waals surface area contributed by atoms with Crippen LogP contribution in [0.25, 0.3) is 0 Å². The molecule has 0 radical (unpaired) electrons. The monoisotopic (exact) mass is 264 g/mol. The fraction of sp³-hybridized carbons (Fsp3) is 0.500. The molecule has 3 N–H and O–H groups in total. The quantitative estimate of drug-likeness (QED) is 0.718. The van der Waals surface area contributed by atoms with E-state index in [0.29, 0.717) is 19.5 Å². The maximum Gasteiger partial charge on any atom is 0.224 e. The van der Waals surface area contributed by atoms with Gasteiger partial charge in [0.05, 0.1) is 12.7 Å². The first kappa shape index (κ1) is 14.0. The summed E-state index contributed by atoms with van der Waals surface area (Å²) in [5.74, 6) is 0.0726. The number of carbonyl (C=O) groups is 1. The molecule has 1 unspecified atom stereocenters. The van der Waals surface area contributed by atoms with Crippen molar-refractivity contribution >= 4 is 11.6 Å². The van der Waals surface area contributed by atoms with Crippen LogP contribution in [0, 0.1) is 0 Å². The Morgan fingerprint density at radius 1 is 1.42 bits per heavy atom. The largest absolute Gasteiger partial charge is 0.394 e. The second kappa shape index (κ2) is 6.14. The van der Waals surface area contributed by atoms with E-state index in [0.717, 1.165) is 23.2 Å². The number of amides is 1. The molecule has 104 valence electrons. The number of nitrogens with zero attached hydrogens (tertiary/aromatic N) is 1. The number of aryl methyl sites for hydroxylation is 1. The van der Waals surface area contributed by atoms with Crippen LogP contribution >= 0.6 is 0 Å². The molecular formula is C14H20N2O3. The molecule has 1 heterocycles. The van der Waals surface area contributed by atoms with Crippen LogP contribution in [0.1, 0.15) is 17.5 Å². The number of hydrogen-bond acceptors (Lipinski definition) is 4. The number of hydrogen-bond donors (Lipinski definition) is 3. The van der Waals surface area contributed by atoms with Gasteiger partial charge in [0.15, 0.2) is 0 Å². The van der Waals surface area contributed by atoms with Gasteiger partial charge >= 0.3 is 0 Å². The second-order valence-electron chi connectivity index (χ2n) is 5.07. The van der Waals surface area contributed by atoms with E-state index in [9.17, 15) is 9.90 Å². The molecule has 1 aromatic carbocycles. The Morgan fingerprint density at radius 2 is 2.21 bits per heavy atom. The standard InChI is InChI=1S/C14H20N2O3/c1-16(8-12(18)9-17)7-10-2-4-13-11(6-10)3-5-14(19)15-13/h2,4,6,12,17-18H,3,5,7-9H2,1H3,(H,15,19). The Bertz CT molecular complexity index is 462. The molecule has 1 aromatic rings. The van der Waals surface area contributed by atoms with Gasteiger partial charge in [-0.2, -0.15) is 0 Å². The average Bonchev–Trinajstić information content (AvgIpc) is 2.38. The summed E-state index contributed by atoms with van der Waals surface area (Å²) in [5, 5.41) is 21.1. The van der Waals surface area contributed by atoms with Crippen LogP contribution in [0.3, 0.4) is 0 Å². The third-order valence-electron chi connectivity index (χ3n) is 3.25. The first-order chi connectivity index (χ1) is 9.08. The number of rotatable bonds is 5. The highest BCUT2D eigenvalue weighted by molar-refractivity contribution is 5.93. The molecule has 1 amide bonds. The van der Waals surface area contributed by atoms with Crippen molar-refractivity contribution in [3.05, 3.63) is 29.3 Å². The first-order valence-corrected chi connectivity index (χ1v) is 6.47. The first-order valence-electron chi connectivity index (χ1n) is 6.47. The van der Waals surface area contributed by atoms with Crippen molar-refractivity contribution in [1.29, 1.82) is 0 Å². The highest BCUT2D eigenvalue weighted by Crippen LogP contribution is 2.23. The van der Waals surface area contributed by atoms with Crippen LogP contribution in [0.2, 0.25) is 0 Å². The van der Waals surface area contributed by atoms with Crippen molar-refractivity contribution in [2.24, 2.45) is 0 Å². The van der Waals surface area contributed by atoms with E-state index in [1.165, 1.54) is 0 Å². The lowest BCUT2D eigenvalue weighted by Gasteiger charge is -2.21. The van der Waals surface area contributed by atoms with E-state index in [1.54, 1.807) is 0 Å².